The Morgan fingerprint density at radius 3 is 2.79 bits per heavy atom. The summed E-state index contributed by atoms with van der Waals surface area (Å²) in [5.41, 5.74) is 2.65. The van der Waals surface area contributed by atoms with Crippen molar-refractivity contribution in [2.24, 2.45) is 0 Å². The standard InChI is InChI=1S/C12H16BrN/c13-9-12-8-11(6-7-14-12)10-4-2-1-3-5-10/h6-8,10H,1-5,9H2. The summed E-state index contributed by atoms with van der Waals surface area (Å²) in [7, 11) is 0. The third kappa shape index (κ3) is 2.35. The first-order chi connectivity index (χ1) is 6.90. The van der Waals surface area contributed by atoms with Crippen LogP contribution in [0.2, 0.25) is 0 Å². The van der Waals surface area contributed by atoms with Crippen molar-refractivity contribution in [3.05, 3.63) is 29.6 Å². The van der Waals surface area contributed by atoms with Gasteiger partial charge in [-0.05, 0) is 36.5 Å². The van der Waals surface area contributed by atoms with Gasteiger partial charge in [-0.15, -0.1) is 0 Å². The molecule has 2 heteroatoms. The lowest BCUT2D eigenvalue weighted by molar-refractivity contribution is 0.443. The molecule has 14 heavy (non-hydrogen) atoms. The lowest BCUT2D eigenvalue weighted by atomic mass is 9.84. The molecule has 1 fully saturated rings. The fourth-order valence-corrected chi connectivity index (χ4v) is 2.57. The Kier molecular flexibility index (Phi) is 3.57. The van der Waals surface area contributed by atoms with Crippen LogP contribution < -0.4 is 0 Å². The van der Waals surface area contributed by atoms with Crippen molar-refractivity contribution in [3.8, 4) is 0 Å². The van der Waals surface area contributed by atoms with Crippen LogP contribution in [0.15, 0.2) is 18.3 Å². The maximum Gasteiger partial charge on any atom is 0.0511 e. The van der Waals surface area contributed by atoms with Crippen LogP contribution in [0.5, 0.6) is 0 Å². The van der Waals surface area contributed by atoms with E-state index in [0.717, 1.165) is 16.9 Å². The molecule has 1 nitrogen and oxygen atoms in total. The minimum absolute atomic E-state index is 0.796. The monoisotopic (exact) mass is 253 g/mol. The average Bonchev–Trinajstić information content (AvgIpc) is 2.30. The molecular formula is C12H16BrN. The average molecular weight is 254 g/mol. The Balaban J connectivity index is 2.13. The highest BCUT2D eigenvalue weighted by Gasteiger charge is 2.15. The van der Waals surface area contributed by atoms with Gasteiger partial charge in [0.15, 0.2) is 0 Å². The fourth-order valence-electron chi connectivity index (χ4n) is 2.26. The molecule has 0 saturated heterocycles. The molecule has 0 radical (unpaired) electrons. The van der Waals surface area contributed by atoms with Crippen LogP contribution in [0.25, 0.3) is 0 Å². The Hall–Kier alpha value is -0.370. The van der Waals surface area contributed by atoms with Crippen molar-refractivity contribution in [1.29, 1.82) is 0 Å². The molecule has 1 aliphatic carbocycles. The molecule has 0 amide bonds. The Labute approximate surface area is 94.1 Å². The predicted octanol–water partition coefficient (Wildman–Crippen LogP) is 4.02. The van der Waals surface area contributed by atoms with Crippen LogP contribution in [0.3, 0.4) is 0 Å². The van der Waals surface area contributed by atoms with Gasteiger partial charge in [0.2, 0.25) is 0 Å². The van der Waals surface area contributed by atoms with E-state index in [1.54, 1.807) is 0 Å². The van der Waals surface area contributed by atoms with E-state index in [-0.39, 0.29) is 0 Å². The van der Waals surface area contributed by atoms with E-state index < -0.39 is 0 Å². The lowest BCUT2D eigenvalue weighted by Gasteiger charge is -2.22. The highest BCUT2D eigenvalue weighted by Crippen LogP contribution is 2.32. The molecule has 0 aliphatic heterocycles. The second kappa shape index (κ2) is 4.92. The summed E-state index contributed by atoms with van der Waals surface area (Å²) in [5.74, 6) is 0.796. The summed E-state index contributed by atoms with van der Waals surface area (Å²) in [4.78, 5) is 4.31. The first-order valence-electron chi connectivity index (χ1n) is 5.41. The first-order valence-corrected chi connectivity index (χ1v) is 6.53. The normalized spacial score (nSPS) is 18.4. The number of pyridine rings is 1. The van der Waals surface area contributed by atoms with Crippen LogP contribution in [0.1, 0.15) is 49.3 Å². The van der Waals surface area contributed by atoms with Crippen LogP contribution in [-0.4, -0.2) is 4.98 Å². The zero-order valence-corrected chi connectivity index (χ0v) is 9.96. The van der Waals surface area contributed by atoms with E-state index in [0.29, 0.717) is 0 Å². The van der Waals surface area contributed by atoms with E-state index in [9.17, 15) is 0 Å². The maximum absolute atomic E-state index is 4.31. The Morgan fingerprint density at radius 2 is 2.07 bits per heavy atom. The van der Waals surface area contributed by atoms with Gasteiger partial charge in [0, 0.05) is 11.5 Å². The van der Waals surface area contributed by atoms with Crippen LogP contribution in [0, 0.1) is 0 Å². The fraction of sp³-hybridized carbons (Fsp3) is 0.583. The van der Waals surface area contributed by atoms with E-state index in [4.69, 9.17) is 0 Å². The highest BCUT2D eigenvalue weighted by atomic mass is 79.9. The number of hydrogen-bond donors (Lipinski definition) is 0. The SMILES string of the molecule is BrCc1cc(C2CCCCC2)ccn1. The third-order valence-corrected chi connectivity index (χ3v) is 3.63. The summed E-state index contributed by atoms with van der Waals surface area (Å²) in [6.07, 6.45) is 8.90. The minimum Gasteiger partial charge on any atom is -0.260 e. The molecule has 76 valence electrons. The molecule has 1 saturated carbocycles. The van der Waals surface area contributed by atoms with E-state index in [2.05, 4.69) is 33.0 Å². The Morgan fingerprint density at radius 1 is 1.29 bits per heavy atom. The third-order valence-electron chi connectivity index (χ3n) is 3.05. The highest BCUT2D eigenvalue weighted by molar-refractivity contribution is 9.08. The van der Waals surface area contributed by atoms with Gasteiger partial charge in [-0.1, -0.05) is 35.2 Å². The summed E-state index contributed by atoms with van der Waals surface area (Å²) < 4.78 is 0. The molecule has 0 spiro atoms. The van der Waals surface area contributed by atoms with Crippen LogP contribution in [-0.2, 0) is 5.33 Å². The molecule has 0 atom stereocenters. The van der Waals surface area contributed by atoms with Gasteiger partial charge in [0.05, 0.1) is 5.69 Å². The van der Waals surface area contributed by atoms with Gasteiger partial charge in [-0.2, -0.15) is 0 Å². The van der Waals surface area contributed by atoms with Gasteiger partial charge < -0.3 is 0 Å². The summed E-state index contributed by atoms with van der Waals surface area (Å²) in [5, 5.41) is 0.869. The number of aromatic nitrogens is 1. The first kappa shape index (κ1) is 10.2. The van der Waals surface area contributed by atoms with Crippen LogP contribution in [0.4, 0.5) is 0 Å². The van der Waals surface area contributed by atoms with E-state index in [1.165, 1.54) is 37.7 Å². The largest absolute Gasteiger partial charge is 0.260 e. The van der Waals surface area contributed by atoms with E-state index in [1.807, 2.05) is 6.20 Å². The summed E-state index contributed by atoms with van der Waals surface area (Å²) in [6, 6.07) is 4.44. The van der Waals surface area contributed by atoms with Gasteiger partial charge in [-0.25, -0.2) is 0 Å². The number of alkyl halides is 1. The molecule has 0 N–H and O–H groups in total. The topological polar surface area (TPSA) is 12.9 Å². The molecule has 1 aliphatic rings. The van der Waals surface area contributed by atoms with Gasteiger partial charge in [0.1, 0.15) is 0 Å². The molecular weight excluding hydrogens is 238 g/mol. The molecule has 0 bridgehead atoms. The number of rotatable bonds is 2. The van der Waals surface area contributed by atoms with Gasteiger partial charge >= 0.3 is 0 Å². The Bertz CT molecular complexity index is 292. The van der Waals surface area contributed by atoms with Crippen molar-refractivity contribution >= 4 is 15.9 Å². The maximum atomic E-state index is 4.31. The number of nitrogens with zero attached hydrogens (tertiary/aromatic N) is 1. The van der Waals surface area contributed by atoms with Crippen molar-refractivity contribution in [2.75, 3.05) is 0 Å². The zero-order valence-electron chi connectivity index (χ0n) is 8.38. The zero-order chi connectivity index (χ0) is 9.80. The molecule has 0 unspecified atom stereocenters. The van der Waals surface area contributed by atoms with Gasteiger partial charge in [0.25, 0.3) is 0 Å². The number of halogens is 1. The van der Waals surface area contributed by atoms with E-state index >= 15 is 0 Å². The van der Waals surface area contributed by atoms with Crippen molar-refractivity contribution < 1.29 is 0 Å². The molecule has 1 aromatic rings. The quantitative estimate of drug-likeness (QED) is 0.726. The molecule has 0 aromatic carbocycles. The summed E-state index contributed by atoms with van der Waals surface area (Å²) in [6.45, 7) is 0. The van der Waals surface area contributed by atoms with Gasteiger partial charge in [-0.3, -0.25) is 4.98 Å². The number of hydrogen-bond acceptors (Lipinski definition) is 1. The predicted molar refractivity (Wildman–Crippen MR) is 62.7 cm³/mol. The molecule has 1 aromatic heterocycles. The second-order valence-electron chi connectivity index (χ2n) is 4.05. The molecule has 2 rings (SSSR count). The van der Waals surface area contributed by atoms with Crippen molar-refractivity contribution in [3.63, 3.8) is 0 Å². The molecule has 1 heterocycles. The second-order valence-corrected chi connectivity index (χ2v) is 4.61. The smallest absolute Gasteiger partial charge is 0.0511 e. The minimum atomic E-state index is 0.796. The van der Waals surface area contributed by atoms with Crippen molar-refractivity contribution in [2.45, 2.75) is 43.4 Å². The summed E-state index contributed by atoms with van der Waals surface area (Å²) >= 11 is 3.45. The van der Waals surface area contributed by atoms with Crippen LogP contribution >= 0.6 is 15.9 Å². The lowest BCUT2D eigenvalue weighted by Crippen LogP contribution is -2.05. The van der Waals surface area contributed by atoms with Crippen molar-refractivity contribution in [1.82, 2.24) is 4.98 Å².